The molecule has 0 spiro atoms. The van der Waals surface area contributed by atoms with Gasteiger partial charge < -0.3 is 0 Å². The van der Waals surface area contributed by atoms with Crippen LogP contribution in [0, 0.1) is 0 Å². The van der Waals surface area contributed by atoms with Crippen molar-refractivity contribution in [2.75, 3.05) is 4.90 Å². The van der Waals surface area contributed by atoms with Crippen molar-refractivity contribution < 1.29 is 0 Å². The number of hydrogen-bond donors (Lipinski definition) is 0. The lowest BCUT2D eigenvalue weighted by molar-refractivity contribution is 0.659. The Bertz CT molecular complexity index is 4650. The zero-order valence-electron chi connectivity index (χ0n) is 42.5. The summed E-state index contributed by atoms with van der Waals surface area (Å²) >= 11 is 0. The molecule has 0 saturated heterocycles. The highest BCUT2D eigenvalue weighted by molar-refractivity contribution is 6.26. The first-order valence-electron chi connectivity index (χ1n) is 26.7. The van der Waals surface area contributed by atoms with Crippen LogP contribution in [0.15, 0.2) is 255 Å². The molecule has 77 heavy (non-hydrogen) atoms. The third-order valence-corrected chi connectivity index (χ3v) is 17.1. The summed E-state index contributed by atoms with van der Waals surface area (Å²) in [6.07, 6.45) is 0. The number of fused-ring (bicyclic) bond motifs is 14. The van der Waals surface area contributed by atoms with Crippen LogP contribution < -0.4 is 4.90 Å². The van der Waals surface area contributed by atoms with Crippen molar-refractivity contribution in [2.45, 2.75) is 24.7 Å². The third kappa shape index (κ3) is 6.36. The highest BCUT2D eigenvalue weighted by atomic mass is 15.3. The van der Waals surface area contributed by atoms with Crippen molar-refractivity contribution in [3.05, 3.63) is 288 Å². The first-order valence-corrected chi connectivity index (χ1v) is 26.7. The largest absolute Gasteiger partial charge is 0.278 e. The van der Waals surface area contributed by atoms with E-state index in [2.05, 4.69) is 274 Å². The molecule has 0 N–H and O–H groups in total. The smallest absolute Gasteiger partial charge is 0.238 e. The van der Waals surface area contributed by atoms with Gasteiger partial charge in [-0.15, -0.1) is 0 Å². The first-order chi connectivity index (χ1) is 37.9. The Hall–Kier alpha value is -9.77. The minimum absolute atomic E-state index is 0.385. The molecule has 0 radical (unpaired) electrons. The summed E-state index contributed by atoms with van der Waals surface area (Å²) in [5, 5.41) is 14.5. The van der Waals surface area contributed by atoms with E-state index < -0.39 is 5.41 Å². The van der Waals surface area contributed by atoms with Gasteiger partial charge in [-0.05, 0) is 158 Å². The van der Waals surface area contributed by atoms with Crippen LogP contribution in [-0.2, 0) is 10.8 Å². The standard InChI is InChI=1S/C73H48N4/c1-72(2)63-42-60-58-32-18-16-30-56(58)55-29-15-17-31-57(55)59(60)41-61(63)62-43-66-68(44-64(62)72)77(67-40-50-24-14-13-23-49(50)39-65(67)73(66,53-25-5-3-6-26-53)54-27-7-4-8-28-54)71-75-69(51-35-33-45-19-9-11-21-47(45)37-51)74-70(76-71)52-36-34-46-20-10-12-22-48(46)38-52/h3-44H,1-2H3. The molecule has 14 aromatic rings. The first kappa shape index (κ1) is 43.6. The molecule has 0 bridgehead atoms. The lowest BCUT2D eigenvalue weighted by Crippen LogP contribution is -2.38. The van der Waals surface area contributed by atoms with Gasteiger partial charge in [-0.3, -0.25) is 4.90 Å². The molecule has 0 saturated carbocycles. The molecular formula is C73H48N4. The van der Waals surface area contributed by atoms with Crippen molar-refractivity contribution in [3.63, 3.8) is 0 Å². The second-order valence-corrected chi connectivity index (χ2v) is 21.5. The SMILES string of the molecule is CC1(C)c2cc3c(cc2-c2cc4c5ccccc5c5ccccc5c4cc21)C(c1ccccc1)(c1ccccc1)c1cc2ccccc2cc1N3c1nc(-c2ccc3ccccc3c2)nc(-c2ccc3ccccc3c2)n1. The fourth-order valence-corrected chi connectivity index (χ4v) is 13.4. The van der Waals surface area contributed by atoms with Crippen LogP contribution in [0.2, 0.25) is 0 Å². The fraction of sp³-hybridized carbons (Fsp3) is 0.0548. The lowest BCUT2D eigenvalue weighted by atomic mass is 9.61. The number of anilines is 3. The summed E-state index contributed by atoms with van der Waals surface area (Å²) < 4.78 is 0. The van der Waals surface area contributed by atoms with Gasteiger partial charge in [-0.25, -0.2) is 4.98 Å². The van der Waals surface area contributed by atoms with Gasteiger partial charge in [0, 0.05) is 16.5 Å². The summed E-state index contributed by atoms with van der Waals surface area (Å²) in [6, 6.07) is 93.8. The van der Waals surface area contributed by atoms with E-state index in [9.17, 15) is 0 Å². The Morgan fingerprint density at radius 2 is 0.701 bits per heavy atom. The quantitative estimate of drug-likeness (QED) is 0.161. The predicted octanol–water partition coefficient (Wildman–Crippen LogP) is 18.6. The lowest BCUT2D eigenvalue weighted by Gasteiger charge is -2.46. The van der Waals surface area contributed by atoms with Gasteiger partial charge in [-0.1, -0.05) is 220 Å². The molecule has 1 aliphatic heterocycles. The zero-order valence-corrected chi connectivity index (χ0v) is 42.5. The summed E-state index contributed by atoms with van der Waals surface area (Å²) in [5.41, 5.74) is 12.5. The van der Waals surface area contributed by atoms with E-state index in [-0.39, 0.29) is 5.41 Å². The van der Waals surface area contributed by atoms with Gasteiger partial charge in [0.15, 0.2) is 11.6 Å². The maximum Gasteiger partial charge on any atom is 0.238 e. The molecule has 16 rings (SSSR count). The van der Waals surface area contributed by atoms with Crippen molar-refractivity contribution in [1.82, 2.24) is 15.0 Å². The average Bonchev–Trinajstić information content (AvgIpc) is 3.94. The van der Waals surface area contributed by atoms with Crippen LogP contribution in [0.1, 0.15) is 47.2 Å². The Labute approximate surface area is 446 Å². The fourth-order valence-electron chi connectivity index (χ4n) is 13.4. The van der Waals surface area contributed by atoms with Crippen molar-refractivity contribution >= 4 is 82.0 Å². The van der Waals surface area contributed by atoms with Crippen molar-refractivity contribution in [2.24, 2.45) is 0 Å². The molecule has 4 heteroatoms. The van der Waals surface area contributed by atoms with Gasteiger partial charge in [0.25, 0.3) is 0 Å². The normalized spacial score (nSPS) is 14.0. The molecule has 0 fully saturated rings. The molecule has 2 heterocycles. The third-order valence-electron chi connectivity index (χ3n) is 17.1. The molecule has 0 atom stereocenters. The second kappa shape index (κ2) is 16.4. The molecule has 360 valence electrons. The topological polar surface area (TPSA) is 41.9 Å². The monoisotopic (exact) mass is 980 g/mol. The van der Waals surface area contributed by atoms with E-state index in [0.29, 0.717) is 17.6 Å². The summed E-state index contributed by atoms with van der Waals surface area (Å²) in [5.74, 6) is 1.77. The van der Waals surface area contributed by atoms with Crippen molar-refractivity contribution in [3.8, 4) is 33.9 Å². The average molecular weight is 981 g/mol. The number of hydrogen-bond acceptors (Lipinski definition) is 4. The van der Waals surface area contributed by atoms with Crippen LogP contribution in [0.3, 0.4) is 0 Å². The number of aromatic nitrogens is 3. The van der Waals surface area contributed by atoms with E-state index in [1.807, 2.05) is 0 Å². The molecule has 1 aliphatic carbocycles. The van der Waals surface area contributed by atoms with Gasteiger partial charge >= 0.3 is 0 Å². The maximum absolute atomic E-state index is 5.66. The van der Waals surface area contributed by atoms with Crippen LogP contribution in [-0.4, -0.2) is 15.0 Å². The maximum atomic E-state index is 5.66. The van der Waals surface area contributed by atoms with Crippen LogP contribution >= 0.6 is 0 Å². The molecule has 0 amide bonds. The van der Waals surface area contributed by atoms with E-state index in [0.717, 1.165) is 65.9 Å². The molecule has 1 aromatic heterocycles. The summed E-state index contributed by atoms with van der Waals surface area (Å²) in [7, 11) is 0. The van der Waals surface area contributed by atoms with Crippen LogP contribution in [0.25, 0.3) is 98.5 Å². The minimum atomic E-state index is -0.787. The number of rotatable bonds is 5. The number of benzene rings is 13. The predicted molar refractivity (Wildman–Crippen MR) is 320 cm³/mol. The number of nitrogens with zero attached hydrogens (tertiary/aromatic N) is 4. The Morgan fingerprint density at radius 1 is 0.299 bits per heavy atom. The zero-order chi connectivity index (χ0) is 51.0. The van der Waals surface area contributed by atoms with Gasteiger partial charge in [0.05, 0.1) is 16.8 Å². The highest BCUT2D eigenvalue weighted by Gasteiger charge is 2.49. The summed E-state index contributed by atoms with van der Waals surface area (Å²) in [6.45, 7) is 4.82. The Morgan fingerprint density at radius 3 is 1.25 bits per heavy atom. The second-order valence-electron chi connectivity index (χ2n) is 21.5. The Balaban J connectivity index is 1.05. The Kier molecular flexibility index (Phi) is 9.27. The van der Waals surface area contributed by atoms with E-state index in [1.165, 1.54) is 65.7 Å². The van der Waals surface area contributed by atoms with E-state index in [1.54, 1.807) is 0 Å². The molecule has 0 unspecified atom stereocenters. The molecule has 2 aliphatic rings. The van der Waals surface area contributed by atoms with Gasteiger partial charge in [0.2, 0.25) is 5.95 Å². The minimum Gasteiger partial charge on any atom is -0.278 e. The summed E-state index contributed by atoms with van der Waals surface area (Å²) in [4.78, 5) is 19.1. The molecule has 4 nitrogen and oxygen atoms in total. The van der Waals surface area contributed by atoms with Crippen LogP contribution in [0.4, 0.5) is 17.3 Å². The highest BCUT2D eigenvalue weighted by Crippen LogP contribution is 2.62. The van der Waals surface area contributed by atoms with E-state index in [4.69, 9.17) is 15.0 Å². The van der Waals surface area contributed by atoms with Crippen LogP contribution in [0.5, 0.6) is 0 Å². The molecular weight excluding hydrogens is 933 g/mol. The molecule has 13 aromatic carbocycles. The van der Waals surface area contributed by atoms with E-state index >= 15 is 0 Å². The van der Waals surface area contributed by atoms with Crippen molar-refractivity contribution in [1.29, 1.82) is 0 Å². The van der Waals surface area contributed by atoms with Gasteiger partial charge in [0.1, 0.15) is 0 Å². The van der Waals surface area contributed by atoms with Gasteiger partial charge in [-0.2, -0.15) is 9.97 Å².